The van der Waals surface area contributed by atoms with Gasteiger partial charge in [0.1, 0.15) is 0 Å². The summed E-state index contributed by atoms with van der Waals surface area (Å²) in [6.45, 7) is 3.22. The van der Waals surface area contributed by atoms with Crippen LogP contribution in [-0.4, -0.2) is 17.7 Å². The summed E-state index contributed by atoms with van der Waals surface area (Å²) in [4.78, 5) is 2.26. The van der Waals surface area contributed by atoms with E-state index in [1.54, 1.807) is 0 Å². The van der Waals surface area contributed by atoms with Gasteiger partial charge in [-0.2, -0.15) is 0 Å². The van der Waals surface area contributed by atoms with Gasteiger partial charge in [0, 0.05) is 18.3 Å². The Bertz CT molecular complexity index is 399. The second-order valence-electron chi connectivity index (χ2n) is 5.63. The Hall–Kier alpha value is -1.09. The Morgan fingerprint density at radius 3 is 2.55 bits per heavy atom. The molecule has 0 saturated heterocycles. The highest BCUT2D eigenvalue weighted by Gasteiger charge is 2.17. The highest BCUT2D eigenvalue weighted by Crippen LogP contribution is 2.19. The predicted octanol–water partition coefficient (Wildman–Crippen LogP) is 4.50. The van der Waals surface area contributed by atoms with Crippen LogP contribution in [0.2, 0.25) is 0 Å². The SMILES string of the molecule is CCCCN(C(=S)NC1CCCCC1)c1ccccc1. The second kappa shape index (κ2) is 8.25. The molecule has 110 valence electrons. The largest absolute Gasteiger partial charge is 0.360 e. The zero-order valence-electron chi connectivity index (χ0n) is 12.5. The van der Waals surface area contributed by atoms with Gasteiger partial charge < -0.3 is 10.2 Å². The van der Waals surface area contributed by atoms with E-state index in [9.17, 15) is 0 Å². The first kappa shape index (κ1) is 15.3. The van der Waals surface area contributed by atoms with Gasteiger partial charge in [-0.25, -0.2) is 0 Å². The molecule has 1 saturated carbocycles. The van der Waals surface area contributed by atoms with E-state index in [0.29, 0.717) is 6.04 Å². The van der Waals surface area contributed by atoms with E-state index in [-0.39, 0.29) is 0 Å². The molecule has 1 aromatic carbocycles. The molecule has 0 radical (unpaired) electrons. The van der Waals surface area contributed by atoms with Crippen LogP contribution < -0.4 is 10.2 Å². The first-order valence-electron chi connectivity index (χ1n) is 7.94. The molecule has 0 spiro atoms. The maximum atomic E-state index is 5.67. The van der Waals surface area contributed by atoms with Crippen LogP contribution in [0.15, 0.2) is 30.3 Å². The van der Waals surface area contributed by atoms with Crippen LogP contribution >= 0.6 is 12.2 Å². The quantitative estimate of drug-likeness (QED) is 0.804. The van der Waals surface area contributed by atoms with Crippen molar-refractivity contribution in [3.8, 4) is 0 Å². The van der Waals surface area contributed by atoms with Crippen molar-refractivity contribution in [2.75, 3.05) is 11.4 Å². The third-order valence-electron chi connectivity index (χ3n) is 3.98. The van der Waals surface area contributed by atoms with Crippen LogP contribution in [0.3, 0.4) is 0 Å². The van der Waals surface area contributed by atoms with E-state index in [2.05, 4.69) is 47.5 Å². The molecule has 1 aliphatic rings. The molecule has 0 atom stereocenters. The molecule has 0 unspecified atom stereocenters. The minimum atomic E-state index is 0.573. The van der Waals surface area contributed by atoms with Gasteiger partial charge in [-0.3, -0.25) is 0 Å². The number of rotatable bonds is 5. The molecule has 1 aliphatic carbocycles. The minimum absolute atomic E-state index is 0.573. The Labute approximate surface area is 128 Å². The van der Waals surface area contributed by atoms with Gasteiger partial charge in [-0.05, 0) is 43.6 Å². The van der Waals surface area contributed by atoms with E-state index in [1.165, 1.54) is 50.6 Å². The molecule has 3 heteroatoms. The van der Waals surface area contributed by atoms with Crippen molar-refractivity contribution in [2.45, 2.75) is 57.9 Å². The molecule has 2 rings (SSSR count). The molecule has 1 N–H and O–H groups in total. The average molecular weight is 290 g/mol. The van der Waals surface area contributed by atoms with Crippen LogP contribution in [0.4, 0.5) is 5.69 Å². The minimum Gasteiger partial charge on any atom is -0.360 e. The predicted molar refractivity (Wildman–Crippen MR) is 91.3 cm³/mol. The lowest BCUT2D eigenvalue weighted by molar-refractivity contribution is 0.413. The lowest BCUT2D eigenvalue weighted by Crippen LogP contribution is -2.45. The zero-order chi connectivity index (χ0) is 14.2. The molecule has 0 amide bonds. The first-order chi connectivity index (χ1) is 9.81. The van der Waals surface area contributed by atoms with E-state index in [1.807, 2.05) is 0 Å². The molecule has 0 heterocycles. The number of unbranched alkanes of at least 4 members (excludes halogenated alkanes) is 1. The molecule has 2 nitrogen and oxygen atoms in total. The fraction of sp³-hybridized carbons (Fsp3) is 0.588. The molecule has 1 fully saturated rings. The fourth-order valence-corrected chi connectivity index (χ4v) is 3.13. The Kier molecular flexibility index (Phi) is 6.31. The van der Waals surface area contributed by atoms with E-state index in [4.69, 9.17) is 12.2 Å². The van der Waals surface area contributed by atoms with Crippen molar-refractivity contribution in [1.82, 2.24) is 5.32 Å². The number of benzene rings is 1. The Morgan fingerprint density at radius 2 is 1.90 bits per heavy atom. The highest BCUT2D eigenvalue weighted by molar-refractivity contribution is 7.80. The number of thiocarbonyl (C=S) groups is 1. The summed E-state index contributed by atoms with van der Waals surface area (Å²) >= 11 is 5.67. The maximum Gasteiger partial charge on any atom is 0.173 e. The second-order valence-corrected chi connectivity index (χ2v) is 6.01. The summed E-state index contributed by atoms with van der Waals surface area (Å²) in [5, 5.41) is 4.48. The lowest BCUT2D eigenvalue weighted by atomic mass is 9.96. The van der Waals surface area contributed by atoms with E-state index in [0.717, 1.165) is 11.7 Å². The number of hydrogen-bond acceptors (Lipinski definition) is 1. The van der Waals surface area contributed by atoms with Crippen LogP contribution in [0, 0.1) is 0 Å². The van der Waals surface area contributed by atoms with Crippen LogP contribution in [0.5, 0.6) is 0 Å². The average Bonchev–Trinajstić information content (AvgIpc) is 2.50. The van der Waals surface area contributed by atoms with Crippen molar-refractivity contribution < 1.29 is 0 Å². The molecule has 0 bridgehead atoms. The van der Waals surface area contributed by atoms with Gasteiger partial charge in [0.05, 0.1) is 0 Å². The summed E-state index contributed by atoms with van der Waals surface area (Å²) in [7, 11) is 0. The molecule has 0 aromatic heterocycles. The van der Waals surface area contributed by atoms with Crippen molar-refractivity contribution >= 4 is 23.0 Å². The molecular weight excluding hydrogens is 264 g/mol. The van der Waals surface area contributed by atoms with Gasteiger partial charge in [-0.1, -0.05) is 50.8 Å². The molecule has 0 aliphatic heterocycles. The summed E-state index contributed by atoms with van der Waals surface area (Å²) in [6, 6.07) is 11.1. The standard InChI is InChI=1S/C17H26N2S/c1-2-3-14-19(16-12-8-5-9-13-16)17(20)18-15-10-6-4-7-11-15/h5,8-9,12-13,15H,2-4,6-7,10-11,14H2,1H3,(H,18,20). The van der Waals surface area contributed by atoms with Gasteiger partial charge in [-0.15, -0.1) is 0 Å². The van der Waals surface area contributed by atoms with Crippen molar-refractivity contribution in [3.63, 3.8) is 0 Å². The van der Waals surface area contributed by atoms with Crippen molar-refractivity contribution in [2.24, 2.45) is 0 Å². The highest BCUT2D eigenvalue weighted by atomic mass is 32.1. The van der Waals surface area contributed by atoms with Gasteiger partial charge in [0.15, 0.2) is 5.11 Å². The van der Waals surface area contributed by atoms with Crippen molar-refractivity contribution in [1.29, 1.82) is 0 Å². The summed E-state index contributed by atoms with van der Waals surface area (Å²) in [6.07, 6.45) is 8.92. The van der Waals surface area contributed by atoms with Crippen LogP contribution in [-0.2, 0) is 0 Å². The number of nitrogens with zero attached hydrogens (tertiary/aromatic N) is 1. The molecule has 20 heavy (non-hydrogen) atoms. The number of anilines is 1. The lowest BCUT2D eigenvalue weighted by Gasteiger charge is -2.31. The zero-order valence-corrected chi connectivity index (χ0v) is 13.3. The smallest absolute Gasteiger partial charge is 0.173 e. The van der Waals surface area contributed by atoms with E-state index >= 15 is 0 Å². The topological polar surface area (TPSA) is 15.3 Å². The van der Waals surface area contributed by atoms with Crippen LogP contribution in [0.1, 0.15) is 51.9 Å². The van der Waals surface area contributed by atoms with Gasteiger partial charge in [0.2, 0.25) is 0 Å². The Balaban J connectivity index is 1.99. The third-order valence-corrected chi connectivity index (χ3v) is 4.32. The van der Waals surface area contributed by atoms with Gasteiger partial charge in [0.25, 0.3) is 0 Å². The van der Waals surface area contributed by atoms with Crippen molar-refractivity contribution in [3.05, 3.63) is 30.3 Å². The summed E-state index contributed by atoms with van der Waals surface area (Å²) in [5.41, 5.74) is 1.20. The number of para-hydroxylation sites is 1. The molecular formula is C17H26N2S. The fourth-order valence-electron chi connectivity index (χ4n) is 2.77. The maximum absolute atomic E-state index is 5.67. The third kappa shape index (κ3) is 4.48. The van der Waals surface area contributed by atoms with Gasteiger partial charge >= 0.3 is 0 Å². The number of hydrogen-bond donors (Lipinski definition) is 1. The molecule has 1 aromatic rings. The summed E-state index contributed by atoms with van der Waals surface area (Å²) < 4.78 is 0. The summed E-state index contributed by atoms with van der Waals surface area (Å²) in [5.74, 6) is 0. The monoisotopic (exact) mass is 290 g/mol. The van der Waals surface area contributed by atoms with Crippen LogP contribution in [0.25, 0.3) is 0 Å². The first-order valence-corrected chi connectivity index (χ1v) is 8.35. The normalized spacial score (nSPS) is 15.8. The number of nitrogens with one attached hydrogen (secondary N) is 1. The Morgan fingerprint density at radius 1 is 1.20 bits per heavy atom. The van der Waals surface area contributed by atoms with E-state index < -0.39 is 0 Å².